The van der Waals surface area contributed by atoms with Gasteiger partial charge in [0.15, 0.2) is 0 Å². The number of nitrogens with one attached hydrogen (secondary N) is 2. The van der Waals surface area contributed by atoms with E-state index in [1.54, 1.807) is 6.20 Å². The van der Waals surface area contributed by atoms with Crippen LogP contribution in [-0.4, -0.2) is 22.6 Å². The monoisotopic (exact) mass is 401 g/mol. The zero-order valence-corrected chi connectivity index (χ0v) is 17.6. The van der Waals surface area contributed by atoms with Gasteiger partial charge in [-0.05, 0) is 58.4 Å². The van der Waals surface area contributed by atoms with Gasteiger partial charge in [0.1, 0.15) is 0 Å². The van der Waals surface area contributed by atoms with Crippen LogP contribution in [-0.2, 0) is 6.54 Å². The largest absolute Gasteiger partial charge is 0.478 e. The van der Waals surface area contributed by atoms with E-state index in [-0.39, 0.29) is 11.6 Å². The molecule has 0 fully saturated rings. The van der Waals surface area contributed by atoms with Crippen LogP contribution < -0.4 is 10.6 Å². The molecular weight excluding hydrogens is 374 g/mol. The molecule has 1 aromatic heterocycles. The second-order valence-corrected chi connectivity index (χ2v) is 8.18. The molecule has 3 N–H and O–H groups in total. The van der Waals surface area contributed by atoms with E-state index in [9.17, 15) is 9.90 Å². The van der Waals surface area contributed by atoms with Gasteiger partial charge in [0, 0.05) is 19.3 Å². The van der Waals surface area contributed by atoms with Crippen molar-refractivity contribution >= 4 is 11.7 Å². The van der Waals surface area contributed by atoms with Crippen LogP contribution in [0.25, 0.3) is 11.1 Å². The van der Waals surface area contributed by atoms with E-state index in [1.165, 1.54) is 45.6 Å². The maximum atomic E-state index is 11.4. The van der Waals surface area contributed by atoms with Gasteiger partial charge in [0.05, 0.1) is 23.5 Å². The summed E-state index contributed by atoms with van der Waals surface area (Å²) in [5, 5.41) is 16.1. The number of carboxylic acids is 1. The van der Waals surface area contributed by atoms with E-state index in [4.69, 9.17) is 0 Å². The van der Waals surface area contributed by atoms with Gasteiger partial charge >= 0.3 is 5.97 Å². The molecule has 0 saturated heterocycles. The molecule has 0 saturated carbocycles. The molecule has 0 amide bonds. The predicted molar refractivity (Wildman–Crippen MR) is 120 cm³/mol. The average Bonchev–Trinajstić information content (AvgIpc) is 3.14. The molecule has 0 radical (unpaired) electrons. The van der Waals surface area contributed by atoms with Gasteiger partial charge in [-0.15, -0.1) is 0 Å². The van der Waals surface area contributed by atoms with Crippen molar-refractivity contribution in [2.75, 3.05) is 11.9 Å². The highest BCUT2D eigenvalue weighted by Crippen LogP contribution is 2.32. The van der Waals surface area contributed by atoms with E-state index < -0.39 is 5.97 Å². The second-order valence-electron chi connectivity index (χ2n) is 8.18. The van der Waals surface area contributed by atoms with Gasteiger partial charge in [-0.3, -0.25) is 4.98 Å². The van der Waals surface area contributed by atoms with Crippen molar-refractivity contribution in [2.24, 2.45) is 0 Å². The zero-order valence-electron chi connectivity index (χ0n) is 17.6. The molecule has 30 heavy (non-hydrogen) atoms. The molecular formula is C25H27N3O2. The van der Waals surface area contributed by atoms with Crippen molar-refractivity contribution in [2.45, 2.75) is 39.3 Å². The highest BCUT2D eigenvalue weighted by atomic mass is 16.4. The molecule has 154 valence electrons. The lowest BCUT2D eigenvalue weighted by Crippen LogP contribution is -2.22. The molecule has 1 atom stereocenters. The summed E-state index contributed by atoms with van der Waals surface area (Å²) in [4.78, 5) is 15.4. The third kappa shape index (κ3) is 3.94. The Labute approximate surface area is 177 Å². The third-order valence-electron chi connectivity index (χ3n) is 5.83. The summed E-state index contributed by atoms with van der Waals surface area (Å²) in [6.45, 7) is 8.01. The van der Waals surface area contributed by atoms with E-state index in [2.05, 4.69) is 72.8 Å². The standard InChI is InChI=1S/C25H27N3O2/c1-15(2)17-4-6-20(16(3)10-17)18-5-7-21-19(11-18)12-27-24(21)14-28-23-13-26-9-8-22(23)25(29)30/h4-11,13,15,24,27-28H,12,14H2,1-3H3,(H,29,30)/t24-/m0/s1. The Morgan fingerprint density at radius 3 is 2.80 bits per heavy atom. The van der Waals surface area contributed by atoms with Crippen LogP contribution in [0.5, 0.6) is 0 Å². The number of anilines is 1. The van der Waals surface area contributed by atoms with Crippen LogP contribution in [0.4, 0.5) is 5.69 Å². The number of aryl methyl sites for hydroxylation is 1. The molecule has 0 aliphatic carbocycles. The SMILES string of the molecule is Cc1cc(C(C)C)ccc1-c1ccc2c(c1)CN[C@H]2CNc1cnccc1C(=O)O. The number of aromatic nitrogens is 1. The number of rotatable bonds is 6. The minimum absolute atomic E-state index is 0.125. The number of hydrogen-bond acceptors (Lipinski definition) is 4. The Morgan fingerprint density at radius 1 is 1.23 bits per heavy atom. The van der Waals surface area contributed by atoms with Crippen LogP contribution in [0, 0.1) is 6.92 Å². The van der Waals surface area contributed by atoms with Crippen molar-refractivity contribution in [1.29, 1.82) is 0 Å². The molecule has 5 nitrogen and oxygen atoms in total. The lowest BCUT2D eigenvalue weighted by molar-refractivity contribution is 0.0698. The molecule has 5 heteroatoms. The minimum Gasteiger partial charge on any atom is -0.478 e. The Bertz CT molecular complexity index is 1090. The quantitative estimate of drug-likeness (QED) is 0.534. The number of pyridine rings is 1. The fraction of sp³-hybridized carbons (Fsp3) is 0.280. The van der Waals surface area contributed by atoms with Crippen molar-refractivity contribution in [3.63, 3.8) is 0 Å². The fourth-order valence-electron chi connectivity index (χ4n) is 4.10. The third-order valence-corrected chi connectivity index (χ3v) is 5.83. The summed E-state index contributed by atoms with van der Waals surface area (Å²) in [5.41, 5.74) is 8.48. The molecule has 0 spiro atoms. The highest BCUT2D eigenvalue weighted by molar-refractivity contribution is 5.93. The summed E-state index contributed by atoms with van der Waals surface area (Å²) in [7, 11) is 0. The maximum absolute atomic E-state index is 11.4. The van der Waals surface area contributed by atoms with Gasteiger partial charge in [-0.25, -0.2) is 4.79 Å². The van der Waals surface area contributed by atoms with Crippen LogP contribution in [0.1, 0.15) is 58.4 Å². The first-order valence-corrected chi connectivity index (χ1v) is 10.3. The Balaban J connectivity index is 1.53. The van der Waals surface area contributed by atoms with Crippen LogP contribution in [0.2, 0.25) is 0 Å². The molecule has 0 unspecified atom stereocenters. The summed E-state index contributed by atoms with van der Waals surface area (Å²) < 4.78 is 0. The van der Waals surface area contributed by atoms with Crippen molar-refractivity contribution in [3.05, 3.63) is 82.7 Å². The topological polar surface area (TPSA) is 74.2 Å². The second kappa shape index (κ2) is 8.28. The summed E-state index contributed by atoms with van der Waals surface area (Å²) >= 11 is 0. The lowest BCUT2D eigenvalue weighted by atomic mass is 9.92. The highest BCUT2D eigenvalue weighted by Gasteiger charge is 2.23. The van der Waals surface area contributed by atoms with Crippen molar-refractivity contribution in [1.82, 2.24) is 10.3 Å². The first-order valence-electron chi connectivity index (χ1n) is 10.3. The van der Waals surface area contributed by atoms with E-state index in [0.29, 0.717) is 18.2 Å². The summed E-state index contributed by atoms with van der Waals surface area (Å²) in [5.74, 6) is -0.431. The molecule has 4 rings (SSSR count). The van der Waals surface area contributed by atoms with Crippen molar-refractivity contribution in [3.8, 4) is 11.1 Å². The number of hydrogen-bond donors (Lipinski definition) is 3. The molecule has 2 heterocycles. The number of nitrogens with zero attached hydrogens (tertiary/aromatic N) is 1. The van der Waals surface area contributed by atoms with Gasteiger partial charge < -0.3 is 15.7 Å². The molecule has 0 bridgehead atoms. The molecule has 1 aliphatic rings. The maximum Gasteiger partial charge on any atom is 0.337 e. The Hall–Kier alpha value is -3.18. The van der Waals surface area contributed by atoms with Gasteiger partial charge in [0.25, 0.3) is 0 Å². The lowest BCUT2D eigenvalue weighted by Gasteiger charge is -2.16. The normalized spacial score (nSPS) is 15.3. The Kier molecular flexibility index (Phi) is 5.55. The first kappa shape index (κ1) is 20.1. The number of benzene rings is 2. The van der Waals surface area contributed by atoms with Crippen LogP contribution in [0.3, 0.4) is 0 Å². The summed E-state index contributed by atoms with van der Waals surface area (Å²) in [6.07, 6.45) is 3.06. The first-order chi connectivity index (χ1) is 14.4. The van der Waals surface area contributed by atoms with E-state index in [1.807, 2.05) is 0 Å². The van der Waals surface area contributed by atoms with Crippen LogP contribution >= 0.6 is 0 Å². The van der Waals surface area contributed by atoms with Gasteiger partial charge in [-0.1, -0.05) is 44.2 Å². The van der Waals surface area contributed by atoms with Crippen molar-refractivity contribution < 1.29 is 9.90 Å². The van der Waals surface area contributed by atoms with Crippen LogP contribution in [0.15, 0.2) is 54.9 Å². The number of aromatic carboxylic acids is 1. The molecule has 1 aliphatic heterocycles. The fourth-order valence-corrected chi connectivity index (χ4v) is 4.10. The van der Waals surface area contributed by atoms with Gasteiger partial charge in [-0.2, -0.15) is 0 Å². The molecule has 3 aromatic rings. The van der Waals surface area contributed by atoms with Gasteiger partial charge in [0.2, 0.25) is 0 Å². The predicted octanol–water partition coefficient (Wildman–Crippen LogP) is 5.14. The van der Waals surface area contributed by atoms with E-state index >= 15 is 0 Å². The summed E-state index contributed by atoms with van der Waals surface area (Å²) in [6, 6.07) is 15.0. The van der Waals surface area contributed by atoms with E-state index in [0.717, 1.165) is 6.54 Å². The number of carbonyl (C=O) groups is 1. The number of carboxylic acid groups (broad SMARTS) is 1. The molecule has 2 aromatic carbocycles. The zero-order chi connectivity index (χ0) is 21.3. The minimum atomic E-state index is -0.955. The smallest absolute Gasteiger partial charge is 0.337 e. The Morgan fingerprint density at radius 2 is 2.07 bits per heavy atom. The average molecular weight is 402 g/mol. The number of fused-ring (bicyclic) bond motifs is 1.